The van der Waals surface area contributed by atoms with Gasteiger partial charge >= 0.3 is 0 Å². The van der Waals surface area contributed by atoms with E-state index in [0.717, 1.165) is 11.1 Å². The zero-order valence-electron chi connectivity index (χ0n) is 13.4. The lowest BCUT2D eigenvalue weighted by Crippen LogP contribution is -2.28. The molecule has 0 aliphatic rings. The molecule has 3 rings (SSSR count). The average molecular weight is 335 g/mol. The first-order valence-corrected chi connectivity index (χ1v) is 7.74. The van der Waals surface area contributed by atoms with Crippen LogP contribution in [0.15, 0.2) is 77.0 Å². The maximum atomic E-state index is 11.8. The fourth-order valence-corrected chi connectivity index (χ4v) is 2.26. The first-order chi connectivity index (χ1) is 12.2. The smallest absolute Gasteiger partial charge is 0.260 e. The number of carbonyl (C=O) groups is 1. The molecule has 1 N–H and O–H groups in total. The molecule has 25 heavy (non-hydrogen) atoms. The summed E-state index contributed by atoms with van der Waals surface area (Å²) in [6.45, 7) is 0.586. The molecular weight excluding hydrogens is 318 g/mol. The van der Waals surface area contributed by atoms with Crippen LogP contribution in [0.2, 0.25) is 0 Å². The average Bonchev–Trinajstić information content (AvgIpc) is 3.05. The molecule has 2 heterocycles. The summed E-state index contributed by atoms with van der Waals surface area (Å²) < 4.78 is 3.10. The third-order valence-electron chi connectivity index (χ3n) is 3.46. The van der Waals surface area contributed by atoms with Crippen molar-refractivity contribution in [3.8, 4) is 0 Å². The lowest BCUT2D eigenvalue weighted by atomic mass is 10.2. The summed E-state index contributed by atoms with van der Waals surface area (Å²) in [5.41, 5.74) is 4.09. The van der Waals surface area contributed by atoms with Gasteiger partial charge in [0.25, 0.3) is 11.5 Å². The fraction of sp³-hybridized carbons (Fsp3) is 0.111. The van der Waals surface area contributed by atoms with Crippen LogP contribution in [0.1, 0.15) is 11.1 Å². The number of carbonyl (C=O) groups excluding carboxylic acids is 1. The van der Waals surface area contributed by atoms with Gasteiger partial charge in [-0.1, -0.05) is 36.4 Å². The molecule has 0 saturated carbocycles. The van der Waals surface area contributed by atoms with E-state index in [2.05, 4.69) is 15.6 Å². The summed E-state index contributed by atoms with van der Waals surface area (Å²) in [6.07, 6.45) is 6.57. The van der Waals surface area contributed by atoms with E-state index < -0.39 is 0 Å². The summed E-state index contributed by atoms with van der Waals surface area (Å²) in [6, 6.07) is 14.7. The van der Waals surface area contributed by atoms with Crippen molar-refractivity contribution in [2.75, 3.05) is 0 Å². The van der Waals surface area contributed by atoms with Gasteiger partial charge in [0, 0.05) is 24.0 Å². The van der Waals surface area contributed by atoms with Crippen molar-refractivity contribution in [2.45, 2.75) is 13.1 Å². The van der Waals surface area contributed by atoms with Crippen molar-refractivity contribution in [2.24, 2.45) is 5.10 Å². The van der Waals surface area contributed by atoms with Crippen molar-refractivity contribution in [3.05, 3.63) is 88.6 Å². The van der Waals surface area contributed by atoms with Crippen LogP contribution in [-0.2, 0) is 17.9 Å². The van der Waals surface area contributed by atoms with Gasteiger partial charge in [-0.15, -0.1) is 0 Å². The van der Waals surface area contributed by atoms with Crippen LogP contribution in [0.3, 0.4) is 0 Å². The second-order valence-corrected chi connectivity index (χ2v) is 5.42. The van der Waals surface area contributed by atoms with E-state index in [1.54, 1.807) is 29.2 Å². The number of nitrogens with zero attached hydrogens (tertiary/aromatic N) is 4. The predicted octanol–water partition coefficient (Wildman–Crippen LogP) is 1.24. The van der Waals surface area contributed by atoms with Crippen molar-refractivity contribution in [3.63, 3.8) is 0 Å². The van der Waals surface area contributed by atoms with Crippen molar-refractivity contribution >= 4 is 12.1 Å². The Hall–Kier alpha value is -3.48. The van der Waals surface area contributed by atoms with Gasteiger partial charge in [-0.25, -0.2) is 5.43 Å². The topological polar surface area (TPSA) is 81.3 Å². The lowest BCUT2D eigenvalue weighted by molar-refractivity contribution is -0.121. The van der Waals surface area contributed by atoms with Crippen molar-refractivity contribution in [1.82, 2.24) is 19.8 Å². The third kappa shape index (κ3) is 4.74. The number of rotatable bonds is 6. The number of amides is 1. The van der Waals surface area contributed by atoms with E-state index >= 15 is 0 Å². The normalized spacial score (nSPS) is 10.9. The Morgan fingerprint density at radius 3 is 2.76 bits per heavy atom. The fourth-order valence-electron chi connectivity index (χ4n) is 2.26. The second kappa shape index (κ2) is 7.87. The summed E-state index contributed by atoms with van der Waals surface area (Å²) in [5, 5.41) is 8.15. The number of nitrogens with one attached hydrogen (secondary N) is 1. The maximum absolute atomic E-state index is 11.8. The minimum atomic E-state index is -0.374. The van der Waals surface area contributed by atoms with Gasteiger partial charge in [-0.2, -0.15) is 10.2 Å². The zero-order chi connectivity index (χ0) is 17.5. The summed E-state index contributed by atoms with van der Waals surface area (Å²) in [7, 11) is 0. The molecule has 2 aromatic heterocycles. The molecule has 0 aliphatic carbocycles. The number of pyridine rings is 1. The van der Waals surface area contributed by atoms with Crippen LogP contribution in [-0.4, -0.2) is 26.5 Å². The number of benzene rings is 1. The van der Waals surface area contributed by atoms with Crippen molar-refractivity contribution in [1.29, 1.82) is 0 Å². The van der Waals surface area contributed by atoms with Crippen LogP contribution in [0, 0.1) is 0 Å². The van der Waals surface area contributed by atoms with Crippen molar-refractivity contribution < 1.29 is 4.79 Å². The second-order valence-electron chi connectivity index (χ2n) is 5.42. The largest absolute Gasteiger partial charge is 0.306 e. The van der Waals surface area contributed by atoms with Gasteiger partial charge in [0.1, 0.15) is 6.54 Å². The van der Waals surface area contributed by atoms with Gasteiger partial charge in [-0.05, 0) is 11.6 Å². The highest BCUT2D eigenvalue weighted by atomic mass is 16.2. The summed E-state index contributed by atoms with van der Waals surface area (Å²) in [4.78, 5) is 23.3. The number of aromatic nitrogens is 3. The molecular formula is C18H17N5O2. The van der Waals surface area contributed by atoms with Crippen LogP contribution < -0.4 is 11.0 Å². The Balaban J connectivity index is 1.53. The van der Waals surface area contributed by atoms with Crippen LogP contribution >= 0.6 is 0 Å². The summed E-state index contributed by atoms with van der Waals surface area (Å²) >= 11 is 0. The monoisotopic (exact) mass is 335 g/mol. The van der Waals surface area contributed by atoms with Gasteiger partial charge in [-0.3, -0.25) is 14.3 Å². The Kier molecular flexibility index (Phi) is 5.16. The van der Waals surface area contributed by atoms with E-state index in [4.69, 9.17) is 0 Å². The van der Waals surface area contributed by atoms with Gasteiger partial charge in [0.2, 0.25) is 0 Å². The van der Waals surface area contributed by atoms with E-state index in [1.807, 2.05) is 36.5 Å². The molecule has 0 fully saturated rings. The standard InChI is InChI=1S/C18H17N5O2/c24-17(14-22-9-5-4-8-18(22)25)21-19-10-16-11-20-23(13-16)12-15-6-2-1-3-7-15/h1-11,13H,12,14H2,(H,21,24)/b19-10-. The lowest BCUT2D eigenvalue weighted by Gasteiger charge is -2.02. The Bertz CT molecular complexity index is 928. The quantitative estimate of drug-likeness (QED) is 0.544. The molecule has 0 aliphatic heterocycles. The molecule has 0 atom stereocenters. The maximum Gasteiger partial charge on any atom is 0.260 e. The first-order valence-electron chi connectivity index (χ1n) is 7.74. The van der Waals surface area contributed by atoms with E-state index in [-0.39, 0.29) is 18.0 Å². The Labute approximate surface area is 144 Å². The SMILES string of the molecule is O=C(Cn1ccccc1=O)N/N=C\c1cnn(Cc2ccccc2)c1. The van der Waals surface area contributed by atoms with Crippen LogP contribution in [0.4, 0.5) is 0 Å². The minimum Gasteiger partial charge on any atom is -0.306 e. The third-order valence-corrected chi connectivity index (χ3v) is 3.46. The van der Waals surface area contributed by atoms with E-state index in [0.29, 0.717) is 6.54 Å². The highest BCUT2D eigenvalue weighted by Crippen LogP contribution is 2.02. The number of hydrogen-bond donors (Lipinski definition) is 1. The molecule has 1 amide bonds. The van der Waals surface area contributed by atoms with Crippen LogP contribution in [0.5, 0.6) is 0 Å². The molecule has 0 bridgehead atoms. The molecule has 1 aromatic carbocycles. The first kappa shape index (κ1) is 16.4. The van der Waals surface area contributed by atoms with Gasteiger partial charge < -0.3 is 4.57 Å². The minimum absolute atomic E-state index is 0.0791. The Morgan fingerprint density at radius 1 is 1.16 bits per heavy atom. The molecule has 126 valence electrons. The number of hydrazone groups is 1. The zero-order valence-corrected chi connectivity index (χ0v) is 13.4. The van der Waals surface area contributed by atoms with E-state index in [9.17, 15) is 9.59 Å². The molecule has 0 unspecified atom stereocenters. The molecule has 0 radical (unpaired) electrons. The molecule has 0 saturated heterocycles. The molecule has 7 heteroatoms. The number of hydrogen-bond acceptors (Lipinski definition) is 4. The van der Waals surface area contributed by atoms with Gasteiger partial charge in [0.05, 0.1) is 19.0 Å². The molecule has 3 aromatic rings. The molecule has 7 nitrogen and oxygen atoms in total. The predicted molar refractivity (Wildman–Crippen MR) is 94.2 cm³/mol. The van der Waals surface area contributed by atoms with Crippen LogP contribution in [0.25, 0.3) is 0 Å². The highest BCUT2D eigenvalue weighted by Gasteiger charge is 2.02. The Morgan fingerprint density at radius 2 is 1.96 bits per heavy atom. The summed E-state index contributed by atoms with van der Waals surface area (Å²) in [5.74, 6) is -0.374. The van der Waals surface area contributed by atoms with Gasteiger partial charge in [0.15, 0.2) is 0 Å². The highest BCUT2D eigenvalue weighted by molar-refractivity contribution is 5.81. The molecule has 0 spiro atoms. The van der Waals surface area contributed by atoms with E-state index in [1.165, 1.54) is 16.8 Å².